The summed E-state index contributed by atoms with van der Waals surface area (Å²) < 4.78 is 27.0. The number of benzene rings is 1. The highest BCUT2D eigenvalue weighted by Gasteiger charge is 2.41. The SMILES string of the molecule is C=C(C)CNC[C@@]1(O)CCCN(Cc2cccc(F)c2F)C1=O. The van der Waals surface area contributed by atoms with Gasteiger partial charge in [0.05, 0.1) is 0 Å². The molecular formula is C17H22F2N2O2. The van der Waals surface area contributed by atoms with Gasteiger partial charge in [0, 0.05) is 31.7 Å². The van der Waals surface area contributed by atoms with E-state index in [1.165, 1.54) is 17.0 Å². The van der Waals surface area contributed by atoms with Gasteiger partial charge in [-0.3, -0.25) is 4.79 Å². The summed E-state index contributed by atoms with van der Waals surface area (Å²) in [5.74, 6) is -2.35. The number of halogens is 2. The Kier molecular flexibility index (Phi) is 5.49. The molecule has 23 heavy (non-hydrogen) atoms. The Labute approximate surface area is 134 Å². The maximum atomic E-state index is 13.8. The van der Waals surface area contributed by atoms with Crippen LogP contribution in [0.3, 0.4) is 0 Å². The van der Waals surface area contributed by atoms with Gasteiger partial charge in [0.1, 0.15) is 0 Å². The van der Waals surface area contributed by atoms with Crippen molar-refractivity contribution in [2.24, 2.45) is 0 Å². The third-order valence-electron chi connectivity index (χ3n) is 3.94. The Morgan fingerprint density at radius 1 is 1.48 bits per heavy atom. The molecule has 126 valence electrons. The number of nitrogens with one attached hydrogen (secondary N) is 1. The van der Waals surface area contributed by atoms with E-state index in [4.69, 9.17) is 0 Å². The van der Waals surface area contributed by atoms with E-state index in [2.05, 4.69) is 11.9 Å². The van der Waals surface area contributed by atoms with Crippen LogP contribution in [-0.4, -0.2) is 41.1 Å². The van der Waals surface area contributed by atoms with Gasteiger partial charge in [-0.05, 0) is 25.8 Å². The third kappa shape index (κ3) is 4.14. The number of likely N-dealkylation sites (tertiary alicyclic amines) is 1. The van der Waals surface area contributed by atoms with Crippen molar-refractivity contribution in [1.82, 2.24) is 10.2 Å². The number of carbonyl (C=O) groups is 1. The predicted molar refractivity (Wildman–Crippen MR) is 83.6 cm³/mol. The molecule has 0 saturated carbocycles. The van der Waals surface area contributed by atoms with Crippen molar-refractivity contribution in [2.45, 2.75) is 31.9 Å². The number of hydrogen-bond acceptors (Lipinski definition) is 3. The molecule has 1 aliphatic rings. The second-order valence-electron chi connectivity index (χ2n) is 6.14. The van der Waals surface area contributed by atoms with Gasteiger partial charge in [0.2, 0.25) is 0 Å². The molecule has 0 aliphatic carbocycles. The van der Waals surface area contributed by atoms with Crippen LogP contribution in [-0.2, 0) is 11.3 Å². The highest BCUT2D eigenvalue weighted by atomic mass is 19.2. The van der Waals surface area contributed by atoms with Crippen molar-refractivity contribution in [3.63, 3.8) is 0 Å². The van der Waals surface area contributed by atoms with Crippen LogP contribution in [0, 0.1) is 11.6 Å². The van der Waals surface area contributed by atoms with Crippen molar-refractivity contribution in [1.29, 1.82) is 0 Å². The molecule has 0 radical (unpaired) electrons. The van der Waals surface area contributed by atoms with Gasteiger partial charge in [0.25, 0.3) is 5.91 Å². The van der Waals surface area contributed by atoms with Crippen LogP contribution in [0.25, 0.3) is 0 Å². The van der Waals surface area contributed by atoms with Crippen LogP contribution >= 0.6 is 0 Å². The molecule has 1 saturated heterocycles. The molecule has 0 aromatic heterocycles. The van der Waals surface area contributed by atoms with Gasteiger partial charge in [-0.25, -0.2) is 8.78 Å². The number of hydrogen-bond donors (Lipinski definition) is 2. The molecule has 1 amide bonds. The first-order valence-corrected chi connectivity index (χ1v) is 7.63. The molecule has 1 fully saturated rings. The zero-order valence-corrected chi connectivity index (χ0v) is 13.2. The first kappa shape index (κ1) is 17.6. The average Bonchev–Trinajstić information content (AvgIpc) is 2.48. The molecule has 2 N–H and O–H groups in total. The van der Waals surface area contributed by atoms with E-state index in [0.717, 1.165) is 11.6 Å². The highest BCUT2D eigenvalue weighted by Crippen LogP contribution is 2.24. The maximum absolute atomic E-state index is 13.8. The Morgan fingerprint density at radius 3 is 2.91 bits per heavy atom. The molecule has 0 unspecified atom stereocenters. The largest absolute Gasteiger partial charge is 0.379 e. The van der Waals surface area contributed by atoms with E-state index < -0.39 is 23.1 Å². The van der Waals surface area contributed by atoms with Crippen molar-refractivity contribution in [3.05, 3.63) is 47.5 Å². The Balaban J connectivity index is 2.07. The summed E-state index contributed by atoms with van der Waals surface area (Å²) in [6.07, 6.45) is 0.949. The quantitative estimate of drug-likeness (QED) is 0.787. The first-order chi connectivity index (χ1) is 10.8. The fourth-order valence-corrected chi connectivity index (χ4v) is 2.74. The standard InChI is InChI=1S/C17H22F2N2O2/c1-12(2)9-20-11-17(23)7-4-8-21(16(17)22)10-13-5-3-6-14(18)15(13)19/h3,5-6,20,23H,1,4,7-11H2,2H3/t17-/m0/s1. The number of aliphatic hydroxyl groups is 1. The summed E-state index contributed by atoms with van der Waals surface area (Å²) in [6.45, 7) is 6.58. The number of piperidine rings is 1. The van der Waals surface area contributed by atoms with Crippen molar-refractivity contribution in [2.75, 3.05) is 19.6 Å². The molecule has 1 aromatic carbocycles. The van der Waals surface area contributed by atoms with Crippen molar-refractivity contribution < 1.29 is 18.7 Å². The predicted octanol–water partition coefficient (Wildman–Crippen LogP) is 1.98. The molecule has 0 bridgehead atoms. The normalized spacial score (nSPS) is 21.6. The zero-order chi connectivity index (χ0) is 17.0. The van der Waals surface area contributed by atoms with E-state index in [-0.39, 0.29) is 18.7 Å². The molecule has 0 spiro atoms. The summed E-state index contributed by atoms with van der Waals surface area (Å²) in [5, 5.41) is 13.6. The number of carbonyl (C=O) groups excluding carboxylic acids is 1. The average molecular weight is 324 g/mol. The third-order valence-corrected chi connectivity index (χ3v) is 3.94. The summed E-state index contributed by atoms with van der Waals surface area (Å²) in [5.41, 5.74) is -0.509. The van der Waals surface area contributed by atoms with Gasteiger partial charge in [-0.1, -0.05) is 24.3 Å². The number of nitrogens with zero attached hydrogens (tertiary/aromatic N) is 1. The van der Waals surface area contributed by atoms with Gasteiger partial charge < -0.3 is 15.3 Å². The van der Waals surface area contributed by atoms with E-state index in [0.29, 0.717) is 25.9 Å². The molecule has 1 heterocycles. The molecule has 1 aromatic rings. The summed E-state index contributed by atoms with van der Waals surface area (Å²) in [6, 6.07) is 3.89. The minimum absolute atomic E-state index is 0.0504. The molecular weight excluding hydrogens is 302 g/mol. The minimum Gasteiger partial charge on any atom is -0.379 e. The lowest BCUT2D eigenvalue weighted by atomic mass is 9.91. The van der Waals surface area contributed by atoms with Gasteiger partial charge >= 0.3 is 0 Å². The first-order valence-electron chi connectivity index (χ1n) is 7.63. The van der Waals surface area contributed by atoms with Crippen LogP contribution in [0.5, 0.6) is 0 Å². The second kappa shape index (κ2) is 7.19. The van der Waals surface area contributed by atoms with E-state index in [1.807, 2.05) is 6.92 Å². The summed E-state index contributed by atoms with van der Waals surface area (Å²) >= 11 is 0. The fourth-order valence-electron chi connectivity index (χ4n) is 2.74. The summed E-state index contributed by atoms with van der Waals surface area (Å²) in [4.78, 5) is 13.9. The Bertz CT molecular complexity index is 606. The van der Waals surface area contributed by atoms with Crippen LogP contribution < -0.4 is 5.32 Å². The topological polar surface area (TPSA) is 52.6 Å². The van der Waals surface area contributed by atoms with Crippen molar-refractivity contribution >= 4 is 5.91 Å². The van der Waals surface area contributed by atoms with Gasteiger partial charge in [0.15, 0.2) is 17.2 Å². The van der Waals surface area contributed by atoms with Crippen LogP contribution in [0.2, 0.25) is 0 Å². The van der Waals surface area contributed by atoms with Gasteiger partial charge in [-0.15, -0.1) is 0 Å². The Morgan fingerprint density at radius 2 is 2.22 bits per heavy atom. The zero-order valence-electron chi connectivity index (χ0n) is 13.2. The van der Waals surface area contributed by atoms with Crippen LogP contribution in [0.15, 0.2) is 30.4 Å². The summed E-state index contributed by atoms with van der Waals surface area (Å²) in [7, 11) is 0. The lowest BCUT2D eigenvalue weighted by Gasteiger charge is -2.38. The molecule has 1 aliphatic heterocycles. The molecule has 6 heteroatoms. The minimum atomic E-state index is -1.52. The molecule has 2 rings (SSSR count). The van der Waals surface area contributed by atoms with E-state index in [1.54, 1.807) is 0 Å². The van der Waals surface area contributed by atoms with Crippen molar-refractivity contribution in [3.8, 4) is 0 Å². The molecule has 1 atom stereocenters. The fraction of sp³-hybridized carbons (Fsp3) is 0.471. The molecule has 4 nitrogen and oxygen atoms in total. The monoisotopic (exact) mass is 324 g/mol. The number of amides is 1. The van der Waals surface area contributed by atoms with E-state index in [9.17, 15) is 18.7 Å². The van der Waals surface area contributed by atoms with Crippen LogP contribution in [0.4, 0.5) is 8.78 Å². The Hall–Kier alpha value is -1.79. The van der Waals surface area contributed by atoms with Crippen LogP contribution in [0.1, 0.15) is 25.3 Å². The lowest BCUT2D eigenvalue weighted by Crippen LogP contribution is -2.57. The van der Waals surface area contributed by atoms with E-state index >= 15 is 0 Å². The smallest absolute Gasteiger partial charge is 0.256 e. The number of rotatable bonds is 6. The lowest BCUT2D eigenvalue weighted by molar-refractivity contribution is -0.157. The second-order valence-corrected chi connectivity index (χ2v) is 6.14. The van der Waals surface area contributed by atoms with Gasteiger partial charge in [-0.2, -0.15) is 0 Å². The maximum Gasteiger partial charge on any atom is 0.256 e. The highest BCUT2D eigenvalue weighted by molar-refractivity contribution is 5.86.